The summed E-state index contributed by atoms with van der Waals surface area (Å²) in [6.07, 6.45) is 3.43. The third kappa shape index (κ3) is 2.05. The summed E-state index contributed by atoms with van der Waals surface area (Å²) < 4.78 is 16.9. The highest BCUT2D eigenvalue weighted by atomic mass is 16.8. The molecule has 0 saturated carbocycles. The van der Waals surface area contributed by atoms with Crippen molar-refractivity contribution in [2.45, 2.75) is 51.0 Å². The molecule has 2 aliphatic rings. The van der Waals surface area contributed by atoms with Crippen molar-refractivity contribution in [3.63, 3.8) is 0 Å². The number of carbonyl (C=O) groups is 1. The second kappa shape index (κ2) is 4.28. The van der Waals surface area contributed by atoms with Crippen molar-refractivity contribution >= 4 is 6.29 Å². The monoisotopic (exact) mass is 226 g/mol. The van der Waals surface area contributed by atoms with Crippen LogP contribution in [-0.4, -0.2) is 30.6 Å². The van der Waals surface area contributed by atoms with Gasteiger partial charge >= 0.3 is 0 Å². The zero-order valence-electron chi connectivity index (χ0n) is 9.72. The van der Waals surface area contributed by atoms with Crippen LogP contribution in [-0.2, 0) is 19.0 Å². The Bertz CT molecular complexity index is 287. The second-order valence-electron chi connectivity index (χ2n) is 4.74. The average Bonchev–Trinajstić information content (AvgIpc) is 2.67. The molecule has 0 bridgehead atoms. The first-order valence-corrected chi connectivity index (χ1v) is 5.64. The summed E-state index contributed by atoms with van der Waals surface area (Å²) in [5.41, 5.74) is 0. The van der Waals surface area contributed by atoms with Crippen LogP contribution in [0.4, 0.5) is 0 Å². The molecule has 16 heavy (non-hydrogen) atoms. The molecule has 0 aromatic rings. The van der Waals surface area contributed by atoms with Crippen molar-refractivity contribution < 1.29 is 19.0 Å². The van der Waals surface area contributed by atoms with Gasteiger partial charge in [-0.3, -0.25) is 0 Å². The number of rotatable bonds is 4. The van der Waals surface area contributed by atoms with Crippen molar-refractivity contribution in [1.29, 1.82) is 0 Å². The lowest BCUT2D eigenvalue weighted by Gasteiger charge is -2.22. The number of ether oxygens (including phenoxy) is 3. The van der Waals surface area contributed by atoms with E-state index in [1.165, 1.54) is 0 Å². The summed E-state index contributed by atoms with van der Waals surface area (Å²) in [7, 11) is 0. The number of aldehydes is 1. The van der Waals surface area contributed by atoms with E-state index in [4.69, 9.17) is 14.2 Å². The van der Waals surface area contributed by atoms with Crippen LogP contribution >= 0.6 is 0 Å². The third-order valence-corrected chi connectivity index (χ3v) is 3.06. The maximum atomic E-state index is 10.9. The Morgan fingerprint density at radius 3 is 2.75 bits per heavy atom. The van der Waals surface area contributed by atoms with E-state index >= 15 is 0 Å². The van der Waals surface area contributed by atoms with Crippen LogP contribution < -0.4 is 0 Å². The molecule has 0 aromatic heterocycles. The average molecular weight is 226 g/mol. The maximum Gasteiger partial charge on any atom is 0.188 e. The fourth-order valence-corrected chi connectivity index (χ4v) is 2.37. The van der Waals surface area contributed by atoms with Gasteiger partial charge in [-0.25, -0.2) is 0 Å². The highest BCUT2D eigenvalue weighted by Crippen LogP contribution is 2.41. The lowest BCUT2D eigenvalue weighted by molar-refractivity contribution is -0.208. The van der Waals surface area contributed by atoms with Gasteiger partial charge in [0.05, 0.1) is 0 Å². The van der Waals surface area contributed by atoms with Crippen LogP contribution in [0.15, 0.2) is 12.7 Å². The molecule has 4 atom stereocenters. The lowest BCUT2D eigenvalue weighted by atomic mass is 9.94. The molecule has 2 saturated heterocycles. The van der Waals surface area contributed by atoms with Crippen LogP contribution in [0.3, 0.4) is 0 Å². The molecular weight excluding hydrogens is 208 g/mol. The molecule has 0 aromatic carbocycles. The summed E-state index contributed by atoms with van der Waals surface area (Å²) in [5, 5.41) is 0. The van der Waals surface area contributed by atoms with Crippen LogP contribution in [0, 0.1) is 5.92 Å². The van der Waals surface area contributed by atoms with E-state index in [-0.39, 0.29) is 12.0 Å². The molecule has 4 nitrogen and oxygen atoms in total. The van der Waals surface area contributed by atoms with Crippen LogP contribution in [0.5, 0.6) is 0 Å². The molecule has 0 N–H and O–H groups in total. The first kappa shape index (κ1) is 11.8. The van der Waals surface area contributed by atoms with E-state index in [1.807, 2.05) is 19.9 Å². The Hall–Kier alpha value is -0.710. The van der Waals surface area contributed by atoms with Crippen LogP contribution in [0.1, 0.15) is 26.7 Å². The summed E-state index contributed by atoms with van der Waals surface area (Å²) in [6, 6.07) is 0. The molecule has 0 aliphatic carbocycles. The van der Waals surface area contributed by atoms with Crippen LogP contribution in [0.25, 0.3) is 0 Å². The van der Waals surface area contributed by atoms with Gasteiger partial charge in [0, 0.05) is 5.92 Å². The predicted molar refractivity (Wildman–Crippen MR) is 57.7 cm³/mol. The largest absolute Gasteiger partial charge is 0.341 e. The molecular formula is C12H18O4. The summed E-state index contributed by atoms with van der Waals surface area (Å²) in [5.74, 6) is -0.544. The smallest absolute Gasteiger partial charge is 0.188 e. The van der Waals surface area contributed by atoms with Gasteiger partial charge in [-0.15, -0.1) is 6.58 Å². The Balaban J connectivity index is 2.07. The predicted octanol–water partition coefficient (Wildman–Crippen LogP) is 1.64. The normalized spacial score (nSPS) is 40.6. The molecule has 2 heterocycles. The van der Waals surface area contributed by atoms with Crippen molar-refractivity contribution in [2.75, 3.05) is 0 Å². The summed E-state index contributed by atoms with van der Waals surface area (Å²) in [6.45, 7) is 7.40. The van der Waals surface area contributed by atoms with Gasteiger partial charge in [0.25, 0.3) is 0 Å². The number of allylic oxidation sites excluding steroid dienone is 1. The standard InChI is InChI=1S/C12H18O4/c1-4-5-6-8-9(7-13)14-11-10(8)15-12(2,3)16-11/h4,7-11H,1,5-6H2,2-3H3/t8-,9+,10+,11+/m0/s1. The Morgan fingerprint density at radius 1 is 1.38 bits per heavy atom. The molecule has 90 valence electrons. The molecule has 0 amide bonds. The highest BCUT2D eigenvalue weighted by molar-refractivity contribution is 5.57. The topological polar surface area (TPSA) is 44.8 Å². The molecule has 2 fully saturated rings. The van der Waals surface area contributed by atoms with E-state index in [0.717, 1.165) is 19.1 Å². The first-order valence-electron chi connectivity index (χ1n) is 5.64. The molecule has 2 aliphatic heterocycles. The quantitative estimate of drug-likeness (QED) is 0.540. The number of carbonyl (C=O) groups excluding carboxylic acids is 1. The summed E-state index contributed by atoms with van der Waals surface area (Å²) >= 11 is 0. The van der Waals surface area contributed by atoms with E-state index in [2.05, 4.69) is 6.58 Å². The van der Waals surface area contributed by atoms with Gasteiger partial charge in [0.2, 0.25) is 0 Å². The van der Waals surface area contributed by atoms with Gasteiger partial charge in [-0.1, -0.05) is 6.08 Å². The molecule has 0 radical (unpaired) electrons. The highest BCUT2D eigenvalue weighted by Gasteiger charge is 2.54. The second-order valence-corrected chi connectivity index (χ2v) is 4.74. The van der Waals surface area contributed by atoms with Gasteiger partial charge in [0.15, 0.2) is 12.1 Å². The Labute approximate surface area is 95.6 Å². The van der Waals surface area contributed by atoms with Gasteiger partial charge in [-0.05, 0) is 26.7 Å². The minimum absolute atomic E-state index is 0.0716. The van der Waals surface area contributed by atoms with Gasteiger partial charge in [-0.2, -0.15) is 0 Å². The van der Waals surface area contributed by atoms with Crippen molar-refractivity contribution in [1.82, 2.24) is 0 Å². The van der Waals surface area contributed by atoms with Crippen molar-refractivity contribution in [3.8, 4) is 0 Å². The minimum atomic E-state index is -0.615. The zero-order chi connectivity index (χ0) is 11.8. The van der Waals surface area contributed by atoms with E-state index in [9.17, 15) is 4.79 Å². The number of hydrogen-bond acceptors (Lipinski definition) is 4. The number of fused-ring (bicyclic) bond motifs is 1. The molecule has 0 unspecified atom stereocenters. The SMILES string of the molecule is C=CCC[C@@H]1[C@H]2OC(C)(C)O[C@H]2O[C@@H]1C=O. The Morgan fingerprint density at radius 2 is 2.12 bits per heavy atom. The van der Waals surface area contributed by atoms with E-state index in [1.54, 1.807) is 0 Å². The maximum absolute atomic E-state index is 10.9. The van der Waals surface area contributed by atoms with Crippen molar-refractivity contribution in [3.05, 3.63) is 12.7 Å². The Kier molecular flexibility index (Phi) is 3.15. The first-order chi connectivity index (χ1) is 7.57. The van der Waals surface area contributed by atoms with Crippen molar-refractivity contribution in [2.24, 2.45) is 5.92 Å². The van der Waals surface area contributed by atoms with Gasteiger partial charge in [0.1, 0.15) is 18.5 Å². The van der Waals surface area contributed by atoms with E-state index < -0.39 is 18.2 Å². The van der Waals surface area contributed by atoms with Gasteiger partial charge < -0.3 is 19.0 Å². The zero-order valence-corrected chi connectivity index (χ0v) is 9.72. The fourth-order valence-electron chi connectivity index (χ4n) is 2.37. The number of hydrogen-bond donors (Lipinski definition) is 0. The molecule has 0 spiro atoms. The summed E-state index contributed by atoms with van der Waals surface area (Å²) in [4.78, 5) is 10.9. The third-order valence-electron chi connectivity index (χ3n) is 3.06. The van der Waals surface area contributed by atoms with E-state index in [0.29, 0.717) is 0 Å². The minimum Gasteiger partial charge on any atom is -0.341 e. The molecule has 2 rings (SSSR count). The lowest BCUT2D eigenvalue weighted by Crippen LogP contribution is -2.30. The molecule has 4 heteroatoms. The fraction of sp³-hybridized carbons (Fsp3) is 0.750. The van der Waals surface area contributed by atoms with Crippen LogP contribution in [0.2, 0.25) is 0 Å².